The molecule has 1 aromatic carbocycles. The van der Waals surface area contributed by atoms with Crippen LogP contribution in [0.5, 0.6) is 11.5 Å². The van der Waals surface area contributed by atoms with Crippen LogP contribution in [0.4, 0.5) is 5.69 Å². The van der Waals surface area contributed by atoms with Crippen LogP contribution in [0.2, 0.25) is 0 Å². The zero-order valence-corrected chi connectivity index (χ0v) is 14.6. The standard InChI is InChI=1S/C17H21N3O3S/c1-22-14-4-3-12(9-15(14)23-2)19-16(21)13-10-24-17(20-13)11-5-7-18-8-6-11/h3-4,9-11,18H,5-8H2,1-2H3,(H,19,21). The number of anilines is 1. The maximum absolute atomic E-state index is 12.4. The molecule has 6 nitrogen and oxygen atoms in total. The van der Waals surface area contributed by atoms with Gasteiger partial charge in [0, 0.05) is 23.1 Å². The molecule has 7 heteroatoms. The molecular formula is C17H21N3O3S. The number of aromatic nitrogens is 1. The van der Waals surface area contributed by atoms with E-state index in [4.69, 9.17) is 9.47 Å². The summed E-state index contributed by atoms with van der Waals surface area (Å²) in [5.74, 6) is 1.44. The summed E-state index contributed by atoms with van der Waals surface area (Å²) in [4.78, 5) is 16.9. The second-order valence-corrected chi connectivity index (χ2v) is 6.51. The Morgan fingerprint density at radius 2 is 2.00 bits per heavy atom. The van der Waals surface area contributed by atoms with Gasteiger partial charge in [0.05, 0.1) is 19.2 Å². The van der Waals surface area contributed by atoms with Crippen molar-refractivity contribution in [3.63, 3.8) is 0 Å². The lowest BCUT2D eigenvalue weighted by molar-refractivity contribution is 0.102. The molecule has 0 unspecified atom stereocenters. The summed E-state index contributed by atoms with van der Waals surface area (Å²) in [5, 5.41) is 9.08. The summed E-state index contributed by atoms with van der Waals surface area (Å²) in [6.07, 6.45) is 2.15. The quantitative estimate of drug-likeness (QED) is 0.870. The molecule has 1 saturated heterocycles. The summed E-state index contributed by atoms with van der Waals surface area (Å²) in [6, 6.07) is 5.27. The zero-order chi connectivity index (χ0) is 16.9. The van der Waals surface area contributed by atoms with Crippen molar-refractivity contribution in [1.82, 2.24) is 10.3 Å². The van der Waals surface area contributed by atoms with Crippen molar-refractivity contribution in [2.45, 2.75) is 18.8 Å². The number of methoxy groups -OCH3 is 2. The van der Waals surface area contributed by atoms with Gasteiger partial charge in [-0.25, -0.2) is 4.98 Å². The van der Waals surface area contributed by atoms with E-state index >= 15 is 0 Å². The van der Waals surface area contributed by atoms with Gasteiger partial charge in [-0.1, -0.05) is 0 Å². The number of carbonyl (C=O) groups is 1. The number of amides is 1. The Balaban J connectivity index is 1.70. The highest BCUT2D eigenvalue weighted by molar-refractivity contribution is 7.09. The SMILES string of the molecule is COc1ccc(NC(=O)c2csc(C3CCNCC3)n2)cc1OC. The molecule has 1 aromatic heterocycles. The van der Waals surface area contributed by atoms with Crippen molar-refractivity contribution in [3.05, 3.63) is 34.3 Å². The summed E-state index contributed by atoms with van der Waals surface area (Å²) in [6.45, 7) is 2.02. The molecule has 0 atom stereocenters. The van der Waals surface area contributed by atoms with Gasteiger partial charge in [-0.2, -0.15) is 0 Å². The molecule has 1 fully saturated rings. The van der Waals surface area contributed by atoms with E-state index in [1.807, 2.05) is 5.38 Å². The van der Waals surface area contributed by atoms with Crippen molar-refractivity contribution < 1.29 is 14.3 Å². The van der Waals surface area contributed by atoms with Crippen molar-refractivity contribution >= 4 is 22.9 Å². The molecule has 0 saturated carbocycles. The molecule has 2 aromatic rings. The number of carbonyl (C=O) groups excluding carboxylic acids is 1. The van der Waals surface area contributed by atoms with Gasteiger partial charge in [-0.3, -0.25) is 4.79 Å². The third-order valence-electron chi connectivity index (χ3n) is 4.08. The molecule has 0 aliphatic carbocycles. The Hall–Kier alpha value is -2.12. The number of hydrogen-bond acceptors (Lipinski definition) is 6. The Bertz CT molecular complexity index is 711. The van der Waals surface area contributed by atoms with Crippen LogP contribution in [0.25, 0.3) is 0 Å². The minimum absolute atomic E-state index is 0.210. The Morgan fingerprint density at radius 3 is 2.71 bits per heavy atom. The van der Waals surface area contributed by atoms with E-state index in [-0.39, 0.29) is 5.91 Å². The Kier molecular flexibility index (Phi) is 5.32. The van der Waals surface area contributed by atoms with Crippen LogP contribution in [0, 0.1) is 0 Å². The van der Waals surface area contributed by atoms with E-state index < -0.39 is 0 Å². The number of piperidine rings is 1. The highest BCUT2D eigenvalue weighted by Gasteiger charge is 2.20. The average molecular weight is 347 g/mol. The third-order valence-corrected chi connectivity index (χ3v) is 5.09. The van der Waals surface area contributed by atoms with E-state index in [0.29, 0.717) is 28.8 Å². The van der Waals surface area contributed by atoms with Crippen LogP contribution >= 0.6 is 11.3 Å². The fraction of sp³-hybridized carbons (Fsp3) is 0.412. The van der Waals surface area contributed by atoms with Gasteiger partial charge in [0.25, 0.3) is 5.91 Å². The summed E-state index contributed by atoms with van der Waals surface area (Å²) < 4.78 is 10.4. The fourth-order valence-corrected chi connectivity index (χ4v) is 3.73. The van der Waals surface area contributed by atoms with Crippen LogP contribution in [-0.4, -0.2) is 38.2 Å². The zero-order valence-electron chi connectivity index (χ0n) is 13.8. The van der Waals surface area contributed by atoms with Gasteiger partial charge in [0.1, 0.15) is 5.69 Å². The van der Waals surface area contributed by atoms with Gasteiger partial charge in [0.15, 0.2) is 11.5 Å². The van der Waals surface area contributed by atoms with Crippen molar-refractivity contribution in [2.24, 2.45) is 0 Å². The lowest BCUT2D eigenvalue weighted by Crippen LogP contribution is -2.26. The first-order chi connectivity index (χ1) is 11.7. The molecule has 3 rings (SSSR count). The molecule has 2 N–H and O–H groups in total. The molecule has 128 valence electrons. The van der Waals surface area contributed by atoms with Gasteiger partial charge in [0.2, 0.25) is 0 Å². The number of benzene rings is 1. The van der Waals surface area contributed by atoms with Crippen molar-refractivity contribution in [3.8, 4) is 11.5 Å². The van der Waals surface area contributed by atoms with E-state index in [1.165, 1.54) is 0 Å². The second-order valence-electron chi connectivity index (χ2n) is 5.62. The topological polar surface area (TPSA) is 72.5 Å². The largest absolute Gasteiger partial charge is 0.493 e. The van der Waals surface area contributed by atoms with E-state index in [9.17, 15) is 4.79 Å². The number of nitrogens with one attached hydrogen (secondary N) is 2. The van der Waals surface area contributed by atoms with Crippen LogP contribution in [0.1, 0.15) is 34.3 Å². The average Bonchev–Trinajstić information content (AvgIpc) is 3.12. The third kappa shape index (κ3) is 3.68. The van der Waals surface area contributed by atoms with E-state index in [1.54, 1.807) is 43.8 Å². The molecule has 0 bridgehead atoms. The lowest BCUT2D eigenvalue weighted by Gasteiger charge is -2.20. The highest BCUT2D eigenvalue weighted by atomic mass is 32.1. The molecule has 2 heterocycles. The first kappa shape index (κ1) is 16.7. The van der Waals surface area contributed by atoms with E-state index in [0.717, 1.165) is 30.9 Å². The normalized spacial score (nSPS) is 15.1. The number of hydrogen-bond donors (Lipinski definition) is 2. The maximum atomic E-state index is 12.4. The van der Waals surface area contributed by atoms with Crippen molar-refractivity contribution in [2.75, 3.05) is 32.6 Å². The molecule has 0 spiro atoms. The minimum Gasteiger partial charge on any atom is -0.493 e. The number of nitrogens with zero attached hydrogens (tertiary/aromatic N) is 1. The molecule has 1 aliphatic rings. The summed E-state index contributed by atoms with van der Waals surface area (Å²) in [5.41, 5.74) is 1.11. The van der Waals surface area contributed by atoms with E-state index in [2.05, 4.69) is 15.6 Å². The monoisotopic (exact) mass is 347 g/mol. The van der Waals surface area contributed by atoms with Crippen LogP contribution in [-0.2, 0) is 0 Å². The second kappa shape index (κ2) is 7.63. The molecule has 24 heavy (non-hydrogen) atoms. The van der Waals surface area contributed by atoms with Gasteiger partial charge < -0.3 is 20.1 Å². The summed E-state index contributed by atoms with van der Waals surface area (Å²) >= 11 is 1.56. The van der Waals surface area contributed by atoms with Gasteiger partial charge >= 0.3 is 0 Å². The first-order valence-electron chi connectivity index (χ1n) is 7.90. The predicted octanol–water partition coefficient (Wildman–Crippen LogP) is 2.88. The van der Waals surface area contributed by atoms with Crippen LogP contribution < -0.4 is 20.1 Å². The summed E-state index contributed by atoms with van der Waals surface area (Å²) in [7, 11) is 3.14. The highest BCUT2D eigenvalue weighted by Crippen LogP contribution is 2.31. The van der Waals surface area contributed by atoms with Crippen molar-refractivity contribution in [1.29, 1.82) is 0 Å². The van der Waals surface area contributed by atoms with Crippen LogP contribution in [0.15, 0.2) is 23.6 Å². The molecule has 0 radical (unpaired) electrons. The Morgan fingerprint density at radius 1 is 1.25 bits per heavy atom. The van der Waals surface area contributed by atoms with Gasteiger partial charge in [-0.05, 0) is 38.1 Å². The molecular weight excluding hydrogens is 326 g/mol. The van der Waals surface area contributed by atoms with Crippen LogP contribution in [0.3, 0.4) is 0 Å². The Labute approximate surface area is 145 Å². The lowest BCUT2D eigenvalue weighted by atomic mass is 9.99. The molecule has 1 amide bonds. The smallest absolute Gasteiger partial charge is 0.275 e. The number of rotatable bonds is 5. The van der Waals surface area contributed by atoms with Gasteiger partial charge in [-0.15, -0.1) is 11.3 Å². The maximum Gasteiger partial charge on any atom is 0.275 e. The number of thiazole rings is 1. The fourth-order valence-electron chi connectivity index (χ4n) is 2.76. The predicted molar refractivity (Wildman–Crippen MR) is 94.5 cm³/mol. The minimum atomic E-state index is -0.210. The number of ether oxygens (including phenoxy) is 2. The molecule has 1 aliphatic heterocycles. The first-order valence-corrected chi connectivity index (χ1v) is 8.78.